The number of hydrogen-bond donors (Lipinski definition) is 1. The first-order valence-electron chi connectivity index (χ1n) is 5.42. The zero-order valence-electron chi connectivity index (χ0n) is 8.47. The Bertz CT molecular complexity index is 429. The van der Waals surface area contributed by atoms with Crippen molar-refractivity contribution in [1.82, 2.24) is 9.38 Å². The molecule has 0 bridgehead atoms. The molecule has 0 saturated heterocycles. The molecule has 3 rings (SSSR count). The van der Waals surface area contributed by atoms with Gasteiger partial charge < -0.3 is 5.11 Å². The molecule has 1 fully saturated rings. The molecule has 80 valence electrons. The second-order valence-electron chi connectivity index (χ2n) is 4.27. The van der Waals surface area contributed by atoms with Crippen LogP contribution in [0.25, 0.3) is 4.96 Å². The Kier molecular flexibility index (Phi) is 2.25. The first-order chi connectivity index (χ1) is 7.33. The second-order valence-corrected chi connectivity index (χ2v) is 5.14. The molecule has 1 N–H and O–H groups in total. The van der Waals surface area contributed by atoms with E-state index in [-0.39, 0.29) is 6.10 Å². The maximum Gasteiger partial charge on any atom is 0.193 e. The molecule has 1 atom stereocenters. The Morgan fingerprint density at radius 3 is 3.20 bits per heavy atom. The summed E-state index contributed by atoms with van der Waals surface area (Å²) in [5, 5.41) is 11.8. The summed E-state index contributed by atoms with van der Waals surface area (Å²) >= 11 is 1.65. The van der Waals surface area contributed by atoms with Crippen molar-refractivity contribution in [3.63, 3.8) is 0 Å². The lowest BCUT2D eigenvalue weighted by Gasteiger charge is -2.06. The van der Waals surface area contributed by atoms with E-state index in [9.17, 15) is 5.11 Å². The topological polar surface area (TPSA) is 37.5 Å². The van der Waals surface area contributed by atoms with Crippen LogP contribution in [0.15, 0.2) is 17.8 Å². The van der Waals surface area contributed by atoms with Crippen LogP contribution in [0, 0.1) is 5.92 Å². The number of imidazole rings is 1. The van der Waals surface area contributed by atoms with Crippen LogP contribution >= 0.6 is 11.3 Å². The maximum atomic E-state index is 9.74. The lowest BCUT2D eigenvalue weighted by Crippen LogP contribution is -2.10. The zero-order chi connectivity index (χ0) is 10.3. The summed E-state index contributed by atoms with van der Waals surface area (Å²) in [4.78, 5) is 5.54. The van der Waals surface area contributed by atoms with E-state index in [0.29, 0.717) is 5.92 Å². The van der Waals surface area contributed by atoms with E-state index in [1.807, 2.05) is 16.0 Å². The quantitative estimate of drug-likeness (QED) is 0.860. The molecule has 2 heterocycles. The normalized spacial score (nSPS) is 18.5. The molecule has 3 nitrogen and oxygen atoms in total. The minimum Gasteiger partial charge on any atom is -0.393 e. The smallest absolute Gasteiger partial charge is 0.193 e. The summed E-state index contributed by atoms with van der Waals surface area (Å²) in [5.41, 5.74) is 1.10. The molecule has 0 aliphatic heterocycles. The predicted molar refractivity (Wildman–Crippen MR) is 60.1 cm³/mol. The van der Waals surface area contributed by atoms with E-state index in [2.05, 4.69) is 11.2 Å². The van der Waals surface area contributed by atoms with Gasteiger partial charge in [0.15, 0.2) is 4.96 Å². The summed E-state index contributed by atoms with van der Waals surface area (Å²) in [6, 6.07) is 0. The van der Waals surface area contributed by atoms with Gasteiger partial charge in [-0.1, -0.05) is 0 Å². The number of thiazole rings is 1. The highest BCUT2D eigenvalue weighted by Gasteiger charge is 2.29. The van der Waals surface area contributed by atoms with Crippen molar-refractivity contribution in [2.24, 2.45) is 5.92 Å². The second kappa shape index (κ2) is 3.61. The number of hydrogen-bond acceptors (Lipinski definition) is 3. The monoisotopic (exact) mass is 222 g/mol. The average molecular weight is 222 g/mol. The Morgan fingerprint density at radius 2 is 2.47 bits per heavy atom. The van der Waals surface area contributed by atoms with Crippen LogP contribution in [-0.4, -0.2) is 20.6 Å². The van der Waals surface area contributed by atoms with Gasteiger partial charge in [0, 0.05) is 17.8 Å². The SMILES string of the molecule is OC(CCc1cn2ccsc2n1)C1CC1. The first-order valence-corrected chi connectivity index (χ1v) is 6.30. The Morgan fingerprint density at radius 1 is 1.60 bits per heavy atom. The lowest BCUT2D eigenvalue weighted by molar-refractivity contribution is 0.141. The minimum absolute atomic E-state index is 0.107. The molecule has 1 unspecified atom stereocenters. The molecule has 1 saturated carbocycles. The van der Waals surface area contributed by atoms with Crippen molar-refractivity contribution < 1.29 is 5.11 Å². The van der Waals surface area contributed by atoms with Crippen LogP contribution in [0.4, 0.5) is 0 Å². The van der Waals surface area contributed by atoms with Crippen molar-refractivity contribution in [1.29, 1.82) is 0 Å². The number of aliphatic hydroxyl groups excluding tert-OH is 1. The highest BCUT2D eigenvalue weighted by molar-refractivity contribution is 7.15. The highest BCUT2D eigenvalue weighted by Crippen LogP contribution is 2.34. The molecule has 15 heavy (non-hydrogen) atoms. The van der Waals surface area contributed by atoms with Gasteiger partial charge in [-0.2, -0.15) is 0 Å². The molecule has 2 aromatic heterocycles. The summed E-state index contributed by atoms with van der Waals surface area (Å²) in [5.74, 6) is 0.578. The molecule has 1 aliphatic rings. The van der Waals surface area contributed by atoms with Crippen molar-refractivity contribution in [3.8, 4) is 0 Å². The molecule has 4 heteroatoms. The first kappa shape index (κ1) is 9.36. The fraction of sp³-hybridized carbons (Fsp3) is 0.545. The average Bonchev–Trinajstić information content (AvgIpc) is 2.86. The number of fused-ring (bicyclic) bond motifs is 1. The van der Waals surface area contributed by atoms with Crippen LogP contribution in [0.2, 0.25) is 0 Å². The van der Waals surface area contributed by atoms with E-state index in [1.54, 1.807) is 11.3 Å². The van der Waals surface area contributed by atoms with Crippen molar-refractivity contribution in [2.75, 3.05) is 0 Å². The molecule has 2 aromatic rings. The van der Waals surface area contributed by atoms with Crippen molar-refractivity contribution in [2.45, 2.75) is 31.8 Å². The Balaban J connectivity index is 1.64. The van der Waals surface area contributed by atoms with Gasteiger partial charge in [-0.3, -0.25) is 4.40 Å². The summed E-state index contributed by atoms with van der Waals surface area (Å²) in [7, 11) is 0. The molecule has 0 radical (unpaired) electrons. The van der Waals surface area contributed by atoms with E-state index < -0.39 is 0 Å². The largest absolute Gasteiger partial charge is 0.393 e. The van der Waals surface area contributed by atoms with Gasteiger partial charge in [-0.05, 0) is 31.6 Å². The van der Waals surface area contributed by atoms with Gasteiger partial charge in [0.2, 0.25) is 0 Å². The third kappa shape index (κ3) is 1.92. The van der Waals surface area contributed by atoms with Crippen LogP contribution in [-0.2, 0) is 6.42 Å². The molecular formula is C11H14N2OS. The van der Waals surface area contributed by atoms with E-state index >= 15 is 0 Å². The molecule has 0 aromatic carbocycles. The number of aryl methyl sites for hydroxylation is 1. The minimum atomic E-state index is -0.107. The highest BCUT2D eigenvalue weighted by atomic mass is 32.1. The summed E-state index contributed by atoms with van der Waals surface area (Å²) in [6.07, 6.45) is 8.14. The molecule has 0 spiro atoms. The molecule has 1 aliphatic carbocycles. The lowest BCUT2D eigenvalue weighted by atomic mass is 10.1. The van der Waals surface area contributed by atoms with Crippen molar-refractivity contribution in [3.05, 3.63) is 23.5 Å². The fourth-order valence-corrected chi connectivity index (χ4v) is 2.63. The van der Waals surface area contributed by atoms with Crippen LogP contribution in [0.3, 0.4) is 0 Å². The fourth-order valence-electron chi connectivity index (χ4n) is 1.91. The van der Waals surface area contributed by atoms with Crippen LogP contribution in [0.1, 0.15) is 25.0 Å². The van der Waals surface area contributed by atoms with Crippen LogP contribution in [0.5, 0.6) is 0 Å². The summed E-state index contributed by atoms with van der Waals surface area (Å²) in [6.45, 7) is 0. The van der Waals surface area contributed by atoms with E-state index in [1.165, 1.54) is 12.8 Å². The third-order valence-corrected chi connectivity index (χ3v) is 3.78. The van der Waals surface area contributed by atoms with Gasteiger partial charge in [-0.25, -0.2) is 4.98 Å². The van der Waals surface area contributed by atoms with Gasteiger partial charge in [0.25, 0.3) is 0 Å². The molecule has 0 amide bonds. The number of rotatable bonds is 4. The van der Waals surface area contributed by atoms with Gasteiger partial charge in [0.05, 0.1) is 11.8 Å². The number of aliphatic hydroxyl groups is 1. The Labute approximate surface area is 92.4 Å². The summed E-state index contributed by atoms with van der Waals surface area (Å²) < 4.78 is 2.05. The molecular weight excluding hydrogens is 208 g/mol. The number of nitrogens with zero attached hydrogens (tertiary/aromatic N) is 2. The predicted octanol–water partition coefficient (Wildman–Crippen LogP) is 2.10. The van der Waals surface area contributed by atoms with Crippen molar-refractivity contribution >= 4 is 16.3 Å². The van der Waals surface area contributed by atoms with E-state index in [4.69, 9.17) is 0 Å². The Hall–Kier alpha value is -0.870. The van der Waals surface area contributed by atoms with Gasteiger partial charge in [-0.15, -0.1) is 11.3 Å². The van der Waals surface area contributed by atoms with E-state index in [0.717, 1.165) is 23.5 Å². The van der Waals surface area contributed by atoms with Gasteiger partial charge >= 0.3 is 0 Å². The van der Waals surface area contributed by atoms with Crippen LogP contribution < -0.4 is 0 Å². The number of aromatic nitrogens is 2. The maximum absolute atomic E-state index is 9.74. The van der Waals surface area contributed by atoms with Gasteiger partial charge in [0.1, 0.15) is 0 Å². The third-order valence-electron chi connectivity index (χ3n) is 3.01. The zero-order valence-corrected chi connectivity index (χ0v) is 9.28. The standard InChI is InChI=1S/C11H14N2OS/c14-10(8-1-2-8)4-3-9-7-13-5-6-15-11(13)12-9/h5-8,10,14H,1-4H2.